The van der Waals surface area contributed by atoms with Gasteiger partial charge in [0.1, 0.15) is 6.54 Å². The predicted molar refractivity (Wildman–Crippen MR) is 95.2 cm³/mol. The Morgan fingerprint density at radius 2 is 1.75 bits per heavy atom. The van der Waals surface area contributed by atoms with Crippen LogP contribution in [0.25, 0.3) is 11.0 Å². The van der Waals surface area contributed by atoms with E-state index < -0.39 is 0 Å². The van der Waals surface area contributed by atoms with E-state index in [0.29, 0.717) is 19.7 Å². The van der Waals surface area contributed by atoms with Crippen LogP contribution in [0.4, 0.5) is 0 Å². The lowest BCUT2D eigenvalue weighted by atomic mass is 10.3. The molecule has 1 heterocycles. The molecule has 0 spiro atoms. The van der Waals surface area contributed by atoms with Crippen molar-refractivity contribution >= 4 is 16.9 Å². The fourth-order valence-electron chi connectivity index (χ4n) is 2.68. The molecule has 0 saturated heterocycles. The quantitative estimate of drug-likeness (QED) is 0.678. The Kier molecular flexibility index (Phi) is 7.06. The third kappa shape index (κ3) is 4.47. The van der Waals surface area contributed by atoms with E-state index in [1.807, 2.05) is 31.2 Å². The molecule has 0 atom stereocenters. The molecule has 0 saturated carbocycles. The number of carbonyl (C=O) groups excluding carboxylic acids is 1. The number of para-hydroxylation sites is 2. The average Bonchev–Trinajstić information content (AvgIpc) is 2.86. The molecule has 6 nitrogen and oxygen atoms in total. The second-order valence-electron chi connectivity index (χ2n) is 5.77. The zero-order valence-corrected chi connectivity index (χ0v) is 14.6. The Bertz CT molecular complexity index is 718. The SMILES string of the molecule is CCCCOCCCNC(=O)Cn1c(=O)n(CC)c2ccccc21. The first kappa shape index (κ1) is 18.3. The van der Waals surface area contributed by atoms with Gasteiger partial charge in [-0.05, 0) is 31.9 Å². The maximum absolute atomic E-state index is 12.5. The first-order chi connectivity index (χ1) is 11.7. The van der Waals surface area contributed by atoms with Crippen LogP contribution < -0.4 is 11.0 Å². The van der Waals surface area contributed by atoms with Gasteiger partial charge in [0.05, 0.1) is 11.0 Å². The normalized spacial score (nSPS) is 11.1. The molecule has 0 aliphatic carbocycles. The number of amides is 1. The van der Waals surface area contributed by atoms with Crippen LogP contribution in [0.3, 0.4) is 0 Å². The van der Waals surface area contributed by atoms with Crippen LogP contribution in [-0.4, -0.2) is 34.8 Å². The maximum atomic E-state index is 12.5. The maximum Gasteiger partial charge on any atom is 0.329 e. The summed E-state index contributed by atoms with van der Waals surface area (Å²) in [6.07, 6.45) is 2.97. The van der Waals surface area contributed by atoms with Crippen molar-refractivity contribution in [1.29, 1.82) is 0 Å². The largest absolute Gasteiger partial charge is 0.381 e. The highest BCUT2D eigenvalue weighted by molar-refractivity contribution is 5.80. The van der Waals surface area contributed by atoms with Gasteiger partial charge in [-0.1, -0.05) is 25.5 Å². The molecule has 0 aliphatic rings. The fraction of sp³-hybridized carbons (Fsp3) is 0.556. The van der Waals surface area contributed by atoms with Crippen molar-refractivity contribution in [3.8, 4) is 0 Å². The molecule has 132 valence electrons. The number of benzene rings is 1. The summed E-state index contributed by atoms with van der Waals surface area (Å²) in [4.78, 5) is 24.6. The number of nitrogens with zero attached hydrogens (tertiary/aromatic N) is 2. The monoisotopic (exact) mass is 333 g/mol. The predicted octanol–water partition coefficient (Wildman–Crippen LogP) is 2.15. The number of unbranched alkanes of at least 4 members (excludes halogenated alkanes) is 1. The van der Waals surface area contributed by atoms with Crippen LogP contribution in [0.2, 0.25) is 0 Å². The molecule has 0 radical (unpaired) electrons. The van der Waals surface area contributed by atoms with E-state index in [0.717, 1.165) is 36.9 Å². The first-order valence-electron chi connectivity index (χ1n) is 8.71. The minimum atomic E-state index is -0.148. The third-order valence-corrected chi connectivity index (χ3v) is 3.97. The molecule has 0 bridgehead atoms. The van der Waals surface area contributed by atoms with Crippen molar-refractivity contribution in [2.75, 3.05) is 19.8 Å². The van der Waals surface area contributed by atoms with Crippen LogP contribution in [0, 0.1) is 0 Å². The van der Waals surface area contributed by atoms with Gasteiger partial charge in [-0.2, -0.15) is 0 Å². The van der Waals surface area contributed by atoms with E-state index in [4.69, 9.17) is 4.74 Å². The van der Waals surface area contributed by atoms with E-state index in [2.05, 4.69) is 12.2 Å². The van der Waals surface area contributed by atoms with Crippen LogP contribution in [0.15, 0.2) is 29.1 Å². The molecule has 1 aromatic carbocycles. The van der Waals surface area contributed by atoms with Gasteiger partial charge in [-0.25, -0.2) is 4.79 Å². The smallest absolute Gasteiger partial charge is 0.329 e. The molecule has 1 aromatic heterocycles. The lowest BCUT2D eigenvalue weighted by Crippen LogP contribution is -2.33. The summed E-state index contributed by atoms with van der Waals surface area (Å²) in [5.74, 6) is -0.148. The van der Waals surface area contributed by atoms with Crippen molar-refractivity contribution in [2.45, 2.75) is 46.2 Å². The number of hydrogen-bond donors (Lipinski definition) is 1. The number of aryl methyl sites for hydroxylation is 1. The molecular weight excluding hydrogens is 306 g/mol. The van der Waals surface area contributed by atoms with Crippen molar-refractivity contribution in [1.82, 2.24) is 14.5 Å². The standard InChI is InChI=1S/C18H27N3O3/c1-3-5-12-24-13-8-11-19-17(22)14-21-16-10-7-6-9-15(16)20(4-2)18(21)23/h6-7,9-10H,3-5,8,11-14H2,1-2H3,(H,19,22). The lowest BCUT2D eigenvalue weighted by molar-refractivity contribution is -0.121. The van der Waals surface area contributed by atoms with Crippen LogP contribution in [-0.2, 0) is 22.6 Å². The van der Waals surface area contributed by atoms with E-state index in [1.165, 1.54) is 4.57 Å². The van der Waals surface area contributed by atoms with Gasteiger partial charge in [0.15, 0.2) is 0 Å². The van der Waals surface area contributed by atoms with Crippen molar-refractivity contribution < 1.29 is 9.53 Å². The topological polar surface area (TPSA) is 65.3 Å². The van der Waals surface area contributed by atoms with Gasteiger partial charge in [0.2, 0.25) is 5.91 Å². The molecule has 0 unspecified atom stereocenters. The molecule has 2 aromatic rings. The Labute approximate surface area is 142 Å². The molecule has 1 N–H and O–H groups in total. The van der Waals surface area contributed by atoms with Crippen LogP contribution in [0.1, 0.15) is 33.1 Å². The molecule has 1 amide bonds. The number of ether oxygens (including phenoxy) is 1. The molecule has 24 heavy (non-hydrogen) atoms. The van der Waals surface area contributed by atoms with Gasteiger partial charge >= 0.3 is 5.69 Å². The third-order valence-electron chi connectivity index (χ3n) is 3.97. The van der Waals surface area contributed by atoms with Gasteiger partial charge in [-0.3, -0.25) is 13.9 Å². The zero-order chi connectivity index (χ0) is 17.4. The van der Waals surface area contributed by atoms with E-state index in [1.54, 1.807) is 4.57 Å². The Hall–Kier alpha value is -2.08. The lowest BCUT2D eigenvalue weighted by Gasteiger charge is -2.07. The number of fused-ring (bicyclic) bond motifs is 1. The average molecular weight is 333 g/mol. The highest BCUT2D eigenvalue weighted by Gasteiger charge is 2.13. The summed E-state index contributed by atoms with van der Waals surface area (Å²) in [6.45, 7) is 6.67. The highest BCUT2D eigenvalue weighted by atomic mass is 16.5. The van der Waals surface area contributed by atoms with Crippen LogP contribution in [0.5, 0.6) is 0 Å². The zero-order valence-electron chi connectivity index (χ0n) is 14.6. The van der Waals surface area contributed by atoms with Crippen molar-refractivity contribution in [2.24, 2.45) is 0 Å². The second kappa shape index (κ2) is 9.27. The van der Waals surface area contributed by atoms with Gasteiger partial charge in [0.25, 0.3) is 0 Å². The summed E-state index contributed by atoms with van der Waals surface area (Å²) < 4.78 is 8.68. The summed E-state index contributed by atoms with van der Waals surface area (Å²) >= 11 is 0. The number of carbonyl (C=O) groups is 1. The number of rotatable bonds is 10. The van der Waals surface area contributed by atoms with E-state index in [9.17, 15) is 9.59 Å². The van der Waals surface area contributed by atoms with Crippen LogP contribution >= 0.6 is 0 Å². The number of nitrogens with one attached hydrogen (secondary N) is 1. The summed E-state index contributed by atoms with van der Waals surface area (Å²) in [5, 5.41) is 2.85. The molecule has 0 aliphatic heterocycles. The van der Waals surface area contributed by atoms with Gasteiger partial charge in [-0.15, -0.1) is 0 Å². The number of aromatic nitrogens is 2. The Morgan fingerprint density at radius 3 is 2.42 bits per heavy atom. The minimum Gasteiger partial charge on any atom is -0.381 e. The summed E-state index contributed by atoms with van der Waals surface area (Å²) in [7, 11) is 0. The first-order valence-corrected chi connectivity index (χ1v) is 8.71. The van der Waals surface area contributed by atoms with Crippen molar-refractivity contribution in [3.05, 3.63) is 34.7 Å². The molecule has 0 fully saturated rings. The van der Waals surface area contributed by atoms with E-state index in [-0.39, 0.29) is 18.1 Å². The second-order valence-corrected chi connectivity index (χ2v) is 5.77. The Balaban J connectivity index is 1.89. The Morgan fingerprint density at radius 1 is 1.08 bits per heavy atom. The van der Waals surface area contributed by atoms with Crippen molar-refractivity contribution in [3.63, 3.8) is 0 Å². The molecule has 6 heteroatoms. The van der Waals surface area contributed by atoms with Gasteiger partial charge < -0.3 is 10.1 Å². The molecular formula is C18H27N3O3. The minimum absolute atomic E-state index is 0.0447. The molecule has 2 rings (SSSR count). The highest BCUT2D eigenvalue weighted by Crippen LogP contribution is 2.12. The summed E-state index contributed by atoms with van der Waals surface area (Å²) in [5.41, 5.74) is 1.52. The summed E-state index contributed by atoms with van der Waals surface area (Å²) in [6, 6.07) is 7.56. The van der Waals surface area contributed by atoms with E-state index >= 15 is 0 Å². The van der Waals surface area contributed by atoms with Gasteiger partial charge in [0, 0.05) is 26.3 Å². The number of hydrogen-bond acceptors (Lipinski definition) is 3. The number of imidazole rings is 1. The fourth-order valence-corrected chi connectivity index (χ4v) is 2.68.